The van der Waals surface area contributed by atoms with Gasteiger partial charge in [0.05, 0.1) is 25.0 Å². The van der Waals surface area contributed by atoms with Crippen molar-refractivity contribution in [3.8, 4) is 22.6 Å². The molecule has 0 bridgehead atoms. The lowest BCUT2D eigenvalue weighted by Crippen LogP contribution is -2.42. The highest BCUT2D eigenvalue weighted by molar-refractivity contribution is 5.93. The molecular weight excluding hydrogens is 472 g/mol. The van der Waals surface area contributed by atoms with E-state index in [0.29, 0.717) is 44.8 Å². The van der Waals surface area contributed by atoms with Crippen molar-refractivity contribution in [2.45, 2.75) is 19.8 Å². The van der Waals surface area contributed by atoms with Crippen LogP contribution in [0.1, 0.15) is 19.8 Å². The SMILES string of the molecule is CCCN(CCNc1ccc(-c2ccoc2)cc1)C(=O)CN1CCC(C(=O)Nc2ccc(O)c(O)c2)C1. The lowest BCUT2D eigenvalue weighted by molar-refractivity contribution is -0.132. The van der Waals surface area contributed by atoms with E-state index in [1.807, 2.05) is 40.1 Å². The first kappa shape index (κ1) is 26.1. The summed E-state index contributed by atoms with van der Waals surface area (Å²) in [4.78, 5) is 29.6. The summed E-state index contributed by atoms with van der Waals surface area (Å²) in [5.41, 5.74) is 3.53. The number of furan rings is 1. The Morgan fingerprint density at radius 2 is 1.81 bits per heavy atom. The molecule has 4 rings (SSSR count). The van der Waals surface area contributed by atoms with E-state index in [2.05, 4.69) is 17.6 Å². The Morgan fingerprint density at radius 3 is 2.51 bits per heavy atom. The van der Waals surface area contributed by atoms with Gasteiger partial charge in [0.2, 0.25) is 11.8 Å². The number of aromatic hydroxyl groups is 2. The summed E-state index contributed by atoms with van der Waals surface area (Å²) in [6, 6.07) is 14.2. The number of anilines is 2. The van der Waals surface area contributed by atoms with E-state index in [9.17, 15) is 19.8 Å². The first-order valence-corrected chi connectivity index (χ1v) is 12.6. The van der Waals surface area contributed by atoms with Gasteiger partial charge in [-0.2, -0.15) is 0 Å². The molecule has 2 amide bonds. The van der Waals surface area contributed by atoms with Gasteiger partial charge in [-0.25, -0.2) is 0 Å². The van der Waals surface area contributed by atoms with E-state index in [0.717, 1.165) is 23.2 Å². The number of nitrogens with one attached hydrogen (secondary N) is 2. The van der Waals surface area contributed by atoms with Gasteiger partial charge in [-0.15, -0.1) is 0 Å². The molecule has 0 aliphatic carbocycles. The molecule has 2 heterocycles. The van der Waals surface area contributed by atoms with Crippen molar-refractivity contribution >= 4 is 23.2 Å². The molecule has 9 heteroatoms. The van der Waals surface area contributed by atoms with Crippen LogP contribution in [0.5, 0.6) is 11.5 Å². The molecule has 1 aromatic heterocycles. The number of carbonyl (C=O) groups is 2. The number of benzene rings is 2. The van der Waals surface area contributed by atoms with E-state index in [1.54, 1.807) is 12.5 Å². The van der Waals surface area contributed by atoms with Crippen LogP contribution in [0.15, 0.2) is 65.5 Å². The predicted molar refractivity (Wildman–Crippen MR) is 142 cm³/mol. The second kappa shape index (κ2) is 12.3. The average molecular weight is 507 g/mol. The van der Waals surface area contributed by atoms with E-state index in [-0.39, 0.29) is 35.8 Å². The van der Waals surface area contributed by atoms with Gasteiger partial charge >= 0.3 is 0 Å². The Morgan fingerprint density at radius 1 is 1.03 bits per heavy atom. The number of hydrogen-bond donors (Lipinski definition) is 4. The fraction of sp³-hybridized carbons (Fsp3) is 0.357. The van der Waals surface area contributed by atoms with E-state index >= 15 is 0 Å². The van der Waals surface area contributed by atoms with Gasteiger partial charge in [0, 0.05) is 49.2 Å². The van der Waals surface area contributed by atoms with Gasteiger partial charge in [-0.05, 0) is 55.3 Å². The number of hydrogen-bond acceptors (Lipinski definition) is 7. The van der Waals surface area contributed by atoms with Gasteiger partial charge in [0.15, 0.2) is 11.5 Å². The summed E-state index contributed by atoms with van der Waals surface area (Å²) in [5, 5.41) is 25.2. The molecule has 0 saturated carbocycles. The van der Waals surface area contributed by atoms with Crippen molar-refractivity contribution in [3.63, 3.8) is 0 Å². The minimum absolute atomic E-state index is 0.0588. The highest BCUT2D eigenvalue weighted by Gasteiger charge is 2.30. The molecule has 1 unspecified atom stereocenters. The summed E-state index contributed by atoms with van der Waals surface area (Å²) in [6.07, 6.45) is 4.90. The van der Waals surface area contributed by atoms with Crippen molar-refractivity contribution in [2.75, 3.05) is 49.9 Å². The van der Waals surface area contributed by atoms with Crippen LogP contribution >= 0.6 is 0 Å². The molecule has 2 aromatic carbocycles. The van der Waals surface area contributed by atoms with Crippen LogP contribution < -0.4 is 10.6 Å². The second-order valence-electron chi connectivity index (χ2n) is 9.31. The van der Waals surface area contributed by atoms with Gasteiger partial charge in [0.25, 0.3) is 0 Å². The smallest absolute Gasteiger partial charge is 0.236 e. The quantitative estimate of drug-likeness (QED) is 0.230. The predicted octanol–water partition coefficient (Wildman–Crippen LogP) is 3.97. The summed E-state index contributed by atoms with van der Waals surface area (Å²) < 4.78 is 5.14. The lowest BCUT2D eigenvalue weighted by Gasteiger charge is -2.25. The zero-order valence-electron chi connectivity index (χ0n) is 21.0. The van der Waals surface area contributed by atoms with Crippen LogP contribution in [-0.4, -0.2) is 71.1 Å². The van der Waals surface area contributed by atoms with E-state index < -0.39 is 0 Å². The number of nitrogens with zero attached hydrogens (tertiary/aromatic N) is 2. The zero-order chi connectivity index (χ0) is 26.2. The monoisotopic (exact) mass is 506 g/mol. The van der Waals surface area contributed by atoms with Crippen molar-refractivity contribution in [2.24, 2.45) is 5.92 Å². The van der Waals surface area contributed by atoms with Crippen LogP contribution in [0.3, 0.4) is 0 Å². The maximum absolute atomic E-state index is 13.0. The van der Waals surface area contributed by atoms with Crippen molar-refractivity contribution in [1.29, 1.82) is 0 Å². The third-order valence-electron chi connectivity index (χ3n) is 6.54. The number of amides is 2. The normalized spacial score (nSPS) is 15.4. The Bertz CT molecular complexity index is 1180. The zero-order valence-corrected chi connectivity index (χ0v) is 21.0. The molecule has 0 radical (unpaired) electrons. The van der Waals surface area contributed by atoms with E-state index in [4.69, 9.17) is 4.42 Å². The van der Waals surface area contributed by atoms with Crippen LogP contribution in [0, 0.1) is 5.92 Å². The number of phenolic OH excluding ortho intramolecular Hbond substituents is 2. The second-order valence-corrected chi connectivity index (χ2v) is 9.31. The van der Waals surface area contributed by atoms with Crippen LogP contribution in [0.25, 0.3) is 11.1 Å². The minimum atomic E-state index is -0.284. The minimum Gasteiger partial charge on any atom is -0.504 e. The molecule has 9 nitrogen and oxygen atoms in total. The third kappa shape index (κ3) is 7.04. The summed E-state index contributed by atoms with van der Waals surface area (Å²) in [6.45, 7) is 5.43. The molecule has 37 heavy (non-hydrogen) atoms. The van der Waals surface area contributed by atoms with Gasteiger partial charge < -0.3 is 30.2 Å². The lowest BCUT2D eigenvalue weighted by atomic mass is 10.1. The molecule has 1 atom stereocenters. The topological polar surface area (TPSA) is 118 Å². The fourth-order valence-corrected chi connectivity index (χ4v) is 4.50. The van der Waals surface area contributed by atoms with E-state index in [1.165, 1.54) is 18.2 Å². The van der Waals surface area contributed by atoms with Gasteiger partial charge in [0.1, 0.15) is 0 Å². The molecular formula is C28H34N4O5. The fourth-order valence-electron chi connectivity index (χ4n) is 4.50. The summed E-state index contributed by atoms with van der Waals surface area (Å²) in [5.74, 6) is -0.862. The summed E-state index contributed by atoms with van der Waals surface area (Å²) in [7, 11) is 0. The van der Waals surface area contributed by atoms with Crippen LogP contribution in [0.4, 0.5) is 11.4 Å². The highest BCUT2D eigenvalue weighted by Crippen LogP contribution is 2.28. The first-order chi connectivity index (χ1) is 17.9. The molecule has 196 valence electrons. The summed E-state index contributed by atoms with van der Waals surface area (Å²) >= 11 is 0. The third-order valence-corrected chi connectivity index (χ3v) is 6.54. The number of rotatable bonds is 11. The average Bonchev–Trinajstić information content (AvgIpc) is 3.59. The number of phenols is 2. The Hall–Kier alpha value is -3.98. The molecule has 1 fully saturated rings. The Balaban J connectivity index is 1.23. The van der Waals surface area contributed by atoms with Gasteiger partial charge in [-0.1, -0.05) is 19.1 Å². The molecule has 4 N–H and O–H groups in total. The Labute approximate surface area is 216 Å². The number of carbonyl (C=O) groups excluding carboxylic acids is 2. The molecule has 1 aliphatic heterocycles. The molecule has 3 aromatic rings. The van der Waals surface area contributed by atoms with Crippen LogP contribution in [0.2, 0.25) is 0 Å². The maximum atomic E-state index is 13.0. The maximum Gasteiger partial charge on any atom is 0.236 e. The van der Waals surface area contributed by atoms with Crippen LogP contribution in [-0.2, 0) is 9.59 Å². The first-order valence-electron chi connectivity index (χ1n) is 12.6. The highest BCUT2D eigenvalue weighted by atomic mass is 16.3. The molecule has 1 saturated heterocycles. The van der Waals surface area contributed by atoms with Crippen molar-refractivity contribution < 1.29 is 24.2 Å². The largest absolute Gasteiger partial charge is 0.504 e. The molecule has 0 spiro atoms. The van der Waals surface area contributed by atoms with Crippen molar-refractivity contribution in [3.05, 3.63) is 61.1 Å². The molecule has 1 aliphatic rings. The number of likely N-dealkylation sites (tertiary alicyclic amines) is 1. The van der Waals surface area contributed by atoms with Gasteiger partial charge in [-0.3, -0.25) is 14.5 Å². The van der Waals surface area contributed by atoms with Crippen molar-refractivity contribution in [1.82, 2.24) is 9.80 Å². The standard InChI is InChI=1S/C28H34N4O5/c1-2-12-32(14-11-29-23-5-3-20(4-6-23)22-10-15-37-19-22)27(35)18-31-13-9-21(17-31)28(36)30-24-7-8-25(33)26(34)16-24/h3-8,10,15-16,19,21,29,33-34H,2,9,11-14,17-18H2,1H3,(H,30,36). The Kier molecular flexibility index (Phi) is 8.68.